The van der Waals surface area contributed by atoms with Gasteiger partial charge < -0.3 is 5.73 Å². The Morgan fingerprint density at radius 1 is 1.38 bits per heavy atom. The van der Waals surface area contributed by atoms with Gasteiger partial charge in [-0.15, -0.1) is 0 Å². The Morgan fingerprint density at radius 2 is 2.19 bits per heavy atom. The van der Waals surface area contributed by atoms with E-state index in [2.05, 4.69) is 4.98 Å². The Hall–Kier alpha value is -1.81. The summed E-state index contributed by atoms with van der Waals surface area (Å²) in [7, 11) is 0. The molecule has 0 bridgehead atoms. The first-order valence-electron chi connectivity index (χ1n) is 4.71. The minimum atomic E-state index is -0.107. The fraction of sp³-hybridized carbons (Fsp3) is 0.0909. The number of nitrogen functional groups attached to an aromatic ring is 1. The molecule has 0 aliphatic carbocycles. The van der Waals surface area contributed by atoms with Gasteiger partial charge >= 0.3 is 0 Å². The summed E-state index contributed by atoms with van der Waals surface area (Å²) < 4.78 is 1.49. The van der Waals surface area contributed by atoms with Crippen LogP contribution in [0.4, 0.5) is 5.69 Å². The molecule has 0 unspecified atom stereocenters. The second-order valence-corrected chi connectivity index (χ2v) is 3.83. The highest BCUT2D eigenvalue weighted by Gasteiger charge is 2.02. The number of hydrogen-bond donors (Lipinski definition) is 1. The van der Waals surface area contributed by atoms with Gasteiger partial charge in [0.05, 0.1) is 12.9 Å². The highest BCUT2D eigenvalue weighted by Crippen LogP contribution is 2.18. The Balaban J connectivity index is 2.35. The molecule has 0 spiro atoms. The molecule has 0 radical (unpaired) electrons. The maximum Gasteiger partial charge on any atom is 0.253 e. The zero-order chi connectivity index (χ0) is 11.5. The molecular formula is C11H10ClN3O. The predicted octanol–water partition coefficient (Wildman–Crippen LogP) is 1.53. The molecule has 0 amide bonds. The van der Waals surface area contributed by atoms with Crippen molar-refractivity contribution in [1.29, 1.82) is 0 Å². The van der Waals surface area contributed by atoms with Crippen LogP contribution in [0.5, 0.6) is 0 Å². The minimum absolute atomic E-state index is 0.107. The zero-order valence-electron chi connectivity index (χ0n) is 8.43. The molecule has 0 aliphatic rings. The largest absolute Gasteiger partial charge is 0.398 e. The lowest BCUT2D eigenvalue weighted by atomic mass is 10.2. The topological polar surface area (TPSA) is 60.9 Å². The van der Waals surface area contributed by atoms with E-state index >= 15 is 0 Å². The average Bonchev–Trinajstić information content (AvgIpc) is 2.25. The lowest BCUT2D eigenvalue weighted by molar-refractivity contribution is 0.737. The van der Waals surface area contributed by atoms with Crippen LogP contribution < -0.4 is 11.3 Å². The molecule has 0 saturated carbocycles. The lowest BCUT2D eigenvalue weighted by Crippen LogP contribution is -2.19. The Morgan fingerprint density at radius 3 is 2.88 bits per heavy atom. The Labute approximate surface area is 97.3 Å². The number of aromatic nitrogens is 2. The van der Waals surface area contributed by atoms with Gasteiger partial charge in [0.15, 0.2) is 0 Å². The summed E-state index contributed by atoms with van der Waals surface area (Å²) in [6, 6.07) is 6.62. The van der Waals surface area contributed by atoms with Crippen LogP contribution in [0.2, 0.25) is 5.02 Å². The molecule has 4 nitrogen and oxygen atoms in total. The first-order chi connectivity index (χ1) is 7.66. The first-order valence-corrected chi connectivity index (χ1v) is 5.09. The first kappa shape index (κ1) is 10.7. The van der Waals surface area contributed by atoms with Gasteiger partial charge in [-0.1, -0.05) is 17.7 Å². The molecule has 2 N–H and O–H groups in total. The van der Waals surface area contributed by atoms with Crippen LogP contribution in [0.1, 0.15) is 5.56 Å². The molecule has 0 aliphatic heterocycles. The van der Waals surface area contributed by atoms with E-state index < -0.39 is 0 Å². The Bertz CT molecular complexity index is 565. The molecule has 1 heterocycles. The van der Waals surface area contributed by atoms with E-state index in [0.29, 0.717) is 17.3 Å². The second-order valence-electron chi connectivity index (χ2n) is 3.39. The molecule has 0 saturated heterocycles. The standard InChI is InChI=1S/C11H10ClN3O/c12-9-2-1-8(10(13)5-9)6-15-7-14-4-3-11(15)16/h1-5,7H,6,13H2. The third-order valence-corrected chi connectivity index (χ3v) is 2.48. The minimum Gasteiger partial charge on any atom is -0.398 e. The van der Waals surface area contributed by atoms with Gasteiger partial charge in [-0.3, -0.25) is 9.36 Å². The average molecular weight is 236 g/mol. The van der Waals surface area contributed by atoms with Gasteiger partial charge in [0.25, 0.3) is 5.56 Å². The smallest absolute Gasteiger partial charge is 0.253 e. The molecule has 2 rings (SSSR count). The number of rotatable bonds is 2. The third kappa shape index (κ3) is 2.23. The van der Waals surface area contributed by atoms with Crippen molar-refractivity contribution in [3.05, 3.63) is 57.7 Å². The molecule has 1 aromatic carbocycles. The summed E-state index contributed by atoms with van der Waals surface area (Å²) in [6.07, 6.45) is 2.94. The van der Waals surface area contributed by atoms with Crippen LogP contribution >= 0.6 is 11.6 Å². The number of nitrogens with two attached hydrogens (primary N) is 1. The fourth-order valence-electron chi connectivity index (χ4n) is 1.39. The van der Waals surface area contributed by atoms with E-state index in [4.69, 9.17) is 17.3 Å². The number of halogens is 1. The molecule has 0 fully saturated rings. The molecule has 16 heavy (non-hydrogen) atoms. The van der Waals surface area contributed by atoms with E-state index in [1.54, 1.807) is 18.2 Å². The summed E-state index contributed by atoms with van der Waals surface area (Å²) in [5, 5.41) is 0.583. The number of hydrogen-bond acceptors (Lipinski definition) is 3. The maximum atomic E-state index is 11.5. The fourth-order valence-corrected chi connectivity index (χ4v) is 1.57. The van der Waals surface area contributed by atoms with Crippen LogP contribution in [0, 0.1) is 0 Å². The maximum absolute atomic E-state index is 11.5. The van der Waals surface area contributed by atoms with Crippen molar-refractivity contribution >= 4 is 17.3 Å². The lowest BCUT2D eigenvalue weighted by Gasteiger charge is -2.07. The van der Waals surface area contributed by atoms with Crippen LogP contribution in [-0.4, -0.2) is 9.55 Å². The van der Waals surface area contributed by atoms with Gasteiger partial charge in [-0.05, 0) is 17.7 Å². The summed E-state index contributed by atoms with van der Waals surface area (Å²) in [5.41, 5.74) is 7.11. The van der Waals surface area contributed by atoms with Crippen LogP contribution in [0.15, 0.2) is 41.6 Å². The highest BCUT2D eigenvalue weighted by atomic mass is 35.5. The van der Waals surface area contributed by atoms with Gasteiger partial charge in [-0.25, -0.2) is 4.98 Å². The summed E-state index contributed by atoms with van der Waals surface area (Å²) in [5.74, 6) is 0. The van der Waals surface area contributed by atoms with Crippen LogP contribution in [-0.2, 0) is 6.54 Å². The monoisotopic (exact) mass is 235 g/mol. The van der Waals surface area contributed by atoms with E-state index in [1.807, 2.05) is 0 Å². The van der Waals surface area contributed by atoms with E-state index in [0.717, 1.165) is 5.56 Å². The van der Waals surface area contributed by atoms with Gasteiger partial charge in [0, 0.05) is 23.0 Å². The summed E-state index contributed by atoms with van der Waals surface area (Å²) in [4.78, 5) is 15.3. The van der Waals surface area contributed by atoms with Gasteiger partial charge in [0.2, 0.25) is 0 Å². The number of nitrogens with zero attached hydrogens (tertiary/aromatic N) is 2. The molecule has 0 atom stereocenters. The predicted molar refractivity (Wildman–Crippen MR) is 63.5 cm³/mol. The molecule has 2 aromatic rings. The van der Waals surface area contributed by atoms with Gasteiger partial charge in [-0.2, -0.15) is 0 Å². The van der Waals surface area contributed by atoms with Crippen LogP contribution in [0.25, 0.3) is 0 Å². The highest BCUT2D eigenvalue weighted by molar-refractivity contribution is 6.30. The number of anilines is 1. The number of benzene rings is 1. The third-order valence-electron chi connectivity index (χ3n) is 2.24. The van der Waals surface area contributed by atoms with Crippen molar-refractivity contribution in [2.75, 3.05) is 5.73 Å². The zero-order valence-corrected chi connectivity index (χ0v) is 9.19. The van der Waals surface area contributed by atoms with Crippen molar-refractivity contribution in [3.8, 4) is 0 Å². The quantitative estimate of drug-likeness (QED) is 0.803. The van der Waals surface area contributed by atoms with Gasteiger partial charge in [0.1, 0.15) is 0 Å². The molecule has 1 aromatic heterocycles. The summed E-state index contributed by atoms with van der Waals surface area (Å²) in [6.45, 7) is 0.398. The second kappa shape index (κ2) is 4.37. The normalized spacial score (nSPS) is 10.3. The van der Waals surface area contributed by atoms with Crippen molar-refractivity contribution in [2.45, 2.75) is 6.54 Å². The molecular weight excluding hydrogens is 226 g/mol. The van der Waals surface area contributed by atoms with E-state index in [1.165, 1.54) is 23.2 Å². The molecule has 82 valence electrons. The molecule has 5 heteroatoms. The van der Waals surface area contributed by atoms with Crippen molar-refractivity contribution in [1.82, 2.24) is 9.55 Å². The van der Waals surface area contributed by atoms with E-state index in [9.17, 15) is 4.79 Å². The summed E-state index contributed by atoms with van der Waals surface area (Å²) >= 11 is 5.79. The van der Waals surface area contributed by atoms with Crippen molar-refractivity contribution < 1.29 is 0 Å². The SMILES string of the molecule is Nc1cc(Cl)ccc1Cn1cnccc1=O. The van der Waals surface area contributed by atoms with Crippen LogP contribution in [0.3, 0.4) is 0 Å². The van der Waals surface area contributed by atoms with E-state index in [-0.39, 0.29) is 5.56 Å². The van der Waals surface area contributed by atoms with Crippen molar-refractivity contribution in [2.24, 2.45) is 0 Å². The Kier molecular flexibility index (Phi) is 2.92. The van der Waals surface area contributed by atoms with Crippen molar-refractivity contribution in [3.63, 3.8) is 0 Å².